The second-order valence-corrected chi connectivity index (χ2v) is 8.88. The average molecular weight is 415 g/mol. The largest absolute Gasteiger partial charge is 0.417 e. The average Bonchev–Trinajstić information content (AvgIpc) is 3.29. The smallest absolute Gasteiger partial charge is 0.408 e. The summed E-state index contributed by atoms with van der Waals surface area (Å²) in [6.07, 6.45) is 2.12. The molecule has 0 radical (unpaired) electrons. The van der Waals surface area contributed by atoms with Crippen molar-refractivity contribution in [2.45, 2.75) is 24.3 Å². The first-order valence-electron chi connectivity index (χ1n) is 8.50. The third kappa shape index (κ3) is 3.77. The Bertz CT molecular complexity index is 1270. The van der Waals surface area contributed by atoms with Crippen molar-refractivity contribution in [3.63, 3.8) is 0 Å². The molecule has 0 amide bonds. The number of aromatic amines is 1. The van der Waals surface area contributed by atoms with Crippen molar-refractivity contribution in [3.8, 4) is 0 Å². The Kier molecular flexibility index (Phi) is 4.88. The molecule has 4 aromatic rings. The van der Waals surface area contributed by atoms with E-state index >= 15 is 0 Å². The summed E-state index contributed by atoms with van der Waals surface area (Å²) in [5, 5.41) is 3.94. The van der Waals surface area contributed by atoms with Crippen molar-refractivity contribution in [1.82, 2.24) is 14.7 Å². The fourth-order valence-electron chi connectivity index (χ4n) is 3.05. The molecule has 0 saturated heterocycles. The number of aromatic nitrogens is 2. The highest BCUT2D eigenvalue weighted by Gasteiger charge is 2.24. The van der Waals surface area contributed by atoms with Crippen molar-refractivity contribution in [3.05, 3.63) is 80.7 Å². The van der Waals surface area contributed by atoms with Crippen LogP contribution in [0.1, 0.15) is 22.9 Å². The van der Waals surface area contributed by atoms with E-state index in [9.17, 15) is 13.2 Å². The van der Waals surface area contributed by atoms with E-state index in [4.69, 9.17) is 4.42 Å². The monoisotopic (exact) mass is 415 g/mol. The van der Waals surface area contributed by atoms with E-state index in [1.807, 2.05) is 35.9 Å². The molecule has 9 heteroatoms. The predicted octanol–water partition coefficient (Wildman–Crippen LogP) is 3.15. The topological polar surface area (TPSA) is 105 Å². The number of sulfonamides is 1. The molecule has 1 aromatic carbocycles. The van der Waals surface area contributed by atoms with Crippen LogP contribution in [0.3, 0.4) is 0 Å². The van der Waals surface area contributed by atoms with Gasteiger partial charge in [-0.2, -0.15) is 11.3 Å². The van der Waals surface area contributed by atoms with Gasteiger partial charge in [0, 0.05) is 12.3 Å². The summed E-state index contributed by atoms with van der Waals surface area (Å²) < 4.78 is 33.8. The third-order valence-corrected chi connectivity index (χ3v) is 6.60. The third-order valence-electron chi connectivity index (χ3n) is 4.40. The van der Waals surface area contributed by atoms with E-state index in [0.29, 0.717) is 17.6 Å². The molecule has 0 aliphatic heterocycles. The van der Waals surface area contributed by atoms with Crippen LogP contribution >= 0.6 is 11.3 Å². The van der Waals surface area contributed by atoms with E-state index in [1.54, 1.807) is 17.5 Å². The van der Waals surface area contributed by atoms with Gasteiger partial charge in [-0.25, -0.2) is 17.9 Å². The van der Waals surface area contributed by atoms with Gasteiger partial charge >= 0.3 is 5.76 Å². The zero-order valence-electron chi connectivity index (χ0n) is 14.9. The maximum atomic E-state index is 13.0. The highest BCUT2D eigenvalue weighted by molar-refractivity contribution is 7.89. The van der Waals surface area contributed by atoms with Gasteiger partial charge in [0.25, 0.3) is 0 Å². The fraction of sp³-hybridized carbons (Fsp3) is 0.158. The van der Waals surface area contributed by atoms with Gasteiger partial charge in [-0.05, 0) is 59.5 Å². The van der Waals surface area contributed by atoms with Crippen LogP contribution in [0.2, 0.25) is 0 Å². The summed E-state index contributed by atoms with van der Waals surface area (Å²) in [5.41, 5.74) is 3.23. The number of H-pyrrole nitrogens is 1. The van der Waals surface area contributed by atoms with Crippen molar-refractivity contribution in [1.29, 1.82) is 0 Å². The van der Waals surface area contributed by atoms with Gasteiger partial charge in [0.15, 0.2) is 5.58 Å². The van der Waals surface area contributed by atoms with Crippen molar-refractivity contribution >= 4 is 32.5 Å². The molecule has 2 N–H and O–H groups in total. The molecule has 0 spiro atoms. The number of rotatable bonds is 6. The minimum absolute atomic E-state index is 0.0200. The Morgan fingerprint density at radius 2 is 2.14 bits per heavy atom. The molecule has 0 aliphatic carbocycles. The summed E-state index contributed by atoms with van der Waals surface area (Å²) in [6.45, 7) is 1.90. The van der Waals surface area contributed by atoms with Gasteiger partial charge in [-0.1, -0.05) is 6.07 Å². The molecule has 0 saturated carbocycles. The van der Waals surface area contributed by atoms with E-state index in [1.165, 1.54) is 18.2 Å². The second kappa shape index (κ2) is 7.34. The summed E-state index contributed by atoms with van der Waals surface area (Å²) in [5.74, 6) is -0.628. The van der Waals surface area contributed by atoms with E-state index < -0.39 is 21.8 Å². The number of pyridine rings is 1. The molecule has 28 heavy (non-hydrogen) atoms. The Balaban J connectivity index is 1.71. The van der Waals surface area contributed by atoms with Gasteiger partial charge in [0.2, 0.25) is 10.0 Å². The minimum atomic E-state index is -3.87. The molecule has 4 rings (SSSR count). The highest BCUT2D eigenvalue weighted by Crippen LogP contribution is 2.24. The molecule has 0 aliphatic rings. The number of nitrogens with zero attached hydrogens (tertiary/aromatic N) is 1. The molecule has 7 nitrogen and oxygen atoms in total. The minimum Gasteiger partial charge on any atom is -0.408 e. The molecule has 0 fully saturated rings. The zero-order chi connectivity index (χ0) is 19.7. The maximum absolute atomic E-state index is 13.0. The standard InChI is InChI=1S/C19H17N3O4S2/c1-12-3-2-7-20-18(12)16(9-13-6-8-27-11-13)22-28(24,25)14-4-5-15-17(10-14)26-19(23)21-15/h2-8,10-11,16,22H,9H2,1H3,(H,21,23)/t16-/m1/s1. The van der Waals surface area contributed by atoms with E-state index in [-0.39, 0.29) is 10.5 Å². The molecular weight excluding hydrogens is 398 g/mol. The molecule has 1 atom stereocenters. The van der Waals surface area contributed by atoms with Crippen molar-refractivity contribution in [2.75, 3.05) is 0 Å². The molecular formula is C19H17N3O4S2. The first kappa shape index (κ1) is 18.6. The Hall–Kier alpha value is -2.75. The summed E-state index contributed by atoms with van der Waals surface area (Å²) in [7, 11) is -3.87. The number of thiophene rings is 1. The SMILES string of the molecule is Cc1cccnc1[C@@H](Cc1ccsc1)NS(=O)(=O)c1ccc2[nH]c(=O)oc2c1. The first-order valence-corrected chi connectivity index (χ1v) is 10.9. The molecule has 0 unspecified atom stereocenters. The van der Waals surface area contributed by atoms with Crippen molar-refractivity contribution in [2.24, 2.45) is 0 Å². The van der Waals surface area contributed by atoms with E-state index in [0.717, 1.165) is 11.1 Å². The van der Waals surface area contributed by atoms with Crippen LogP contribution < -0.4 is 10.5 Å². The van der Waals surface area contributed by atoms with Crippen LogP contribution in [0, 0.1) is 6.92 Å². The van der Waals surface area contributed by atoms with Crippen LogP contribution in [0.15, 0.2) is 67.5 Å². The van der Waals surface area contributed by atoms with Crippen LogP contribution in [0.4, 0.5) is 0 Å². The number of hydrogen-bond acceptors (Lipinski definition) is 6. The van der Waals surface area contributed by atoms with Gasteiger partial charge in [0.05, 0.1) is 22.1 Å². The van der Waals surface area contributed by atoms with Gasteiger partial charge in [-0.15, -0.1) is 0 Å². The summed E-state index contributed by atoms with van der Waals surface area (Å²) >= 11 is 1.56. The lowest BCUT2D eigenvalue weighted by molar-refractivity contribution is 0.545. The normalized spacial score (nSPS) is 13.0. The molecule has 3 aromatic heterocycles. The Morgan fingerprint density at radius 3 is 2.89 bits per heavy atom. The number of oxazole rings is 1. The van der Waals surface area contributed by atoms with Gasteiger partial charge in [-0.3, -0.25) is 9.97 Å². The number of nitrogens with one attached hydrogen (secondary N) is 2. The van der Waals surface area contributed by atoms with E-state index in [2.05, 4.69) is 14.7 Å². The number of hydrogen-bond donors (Lipinski definition) is 2. The summed E-state index contributed by atoms with van der Waals surface area (Å²) in [4.78, 5) is 18.2. The van der Waals surface area contributed by atoms with Crippen LogP contribution in [0.5, 0.6) is 0 Å². The zero-order valence-corrected chi connectivity index (χ0v) is 16.5. The van der Waals surface area contributed by atoms with Crippen LogP contribution in [-0.4, -0.2) is 18.4 Å². The lowest BCUT2D eigenvalue weighted by atomic mass is 10.0. The van der Waals surface area contributed by atoms with Crippen molar-refractivity contribution < 1.29 is 12.8 Å². The quantitative estimate of drug-likeness (QED) is 0.503. The molecule has 0 bridgehead atoms. The van der Waals surface area contributed by atoms with Crippen LogP contribution in [0.25, 0.3) is 11.1 Å². The second-order valence-electron chi connectivity index (χ2n) is 6.39. The number of benzene rings is 1. The Morgan fingerprint density at radius 1 is 1.29 bits per heavy atom. The number of fused-ring (bicyclic) bond motifs is 1. The van der Waals surface area contributed by atoms with Gasteiger partial charge in [0.1, 0.15) is 0 Å². The maximum Gasteiger partial charge on any atom is 0.417 e. The Labute approximate surface area is 165 Å². The highest BCUT2D eigenvalue weighted by atomic mass is 32.2. The fourth-order valence-corrected chi connectivity index (χ4v) is 4.95. The van der Waals surface area contributed by atoms with Crippen LogP contribution in [-0.2, 0) is 16.4 Å². The predicted molar refractivity (Wildman–Crippen MR) is 107 cm³/mol. The lowest BCUT2D eigenvalue weighted by Gasteiger charge is -2.19. The number of aryl methyl sites for hydroxylation is 1. The van der Waals surface area contributed by atoms with Gasteiger partial charge < -0.3 is 4.42 Å². The molecule has 3 heterocycles. The first-order chi connectivity index (χ1) is 13.4. The molecule has 144 valence electrons. The lowest BCUT2D eigenvalue weighted by Crippen LogP contribution is -2.31. The summed E-state index contributed by atoms with van der Waals surface area (Å²) in [6, 6.07) is 9.43.